The fraction of sp³-hybridized carbons (Fsp3) is 0.292. The zero-order valence-corrected chi connectivity index (χ0v) is 18.2. The van der Waals surface area contributed by atoms with Crippen molar-refractivity contribution < 1.29 is 18.8 Å². The summed E-state index contributed by atoms with van der Waals surface area (Å²) in [4.78, 5) is 21.1. The molecule has 8 nitrogen and oxygen atoms in total. The minimum atomic E-state index is 0.0139. The first-order chi connectivity index (χ1) is 15.6. The largest absolute Gasteiger partial charge is 0.497 e. The monoisotopic (exact) mass is 434 g/mol. The maximum atomic E-state index is 12.5. The molecule has 2 aromatic carbocycles. The molecule has 1 aliphatic rings. The Morgan fingerprint density at radius 1 is 0.969 bits per heavy atom. The molecule has 1 amide bonds. The van der Waals surface area contributed by atoms with Gasteiger partial charge in [-0.25, -0.2) is 0 Å². The molecule has 32 heavy (non-hydrogen) atoms. The molecule has 1 saturated heterocycles. The summed E-state index contributed by atoms with van der Waals surface area (Å²) in [7, 11) is 3.26. The van der Waals surface area contributed by atoms with Gasteiger partial charge in [-0.1, -0.05) is 17.3 Å². The van der Waals surface area contributed by atoms with Crippen molar-refractivity contribution in [3.05, 3.63) is 66.1 Å². The number of carbonyl (C=O) groups is 1. The van der Waals surface area contributed by atoms with Gasteiger partial charge in [0, 0.05) is 37.8 Å². The van der Waals surface area contributed by atoms with Gasteiger partial charge in [-0.3, -0.25) is 9.69 Å². The van der Waals surface area contributed by atoms with Crippen molar-refractivity contribution >= 4 is 12.0 Å². The maximum absolute atomic E-state index is 12.5. The zero-order valence-electron chi connectivity index (χ0n) is 18.2. The molecule has 0 unspecified atom stereocenters. The summed E-state index contributed by atoms with van der Waals surface area (Å²) in [6, 6.07) is 15.1. The molecule has 0 saturated carbocycles. The van der Waals surface area contributed by atoms with Crippen LogP contribution in [0.1, 0.15) is 11.5 Å². The molecule has 4 rings (SSSR count). The summed E-state index contributed by atoms with van der Waals surface area (Å²) in [6.45, 7) is 3.38. The van der Waals surface area contributed by atoms with Gasteiger partial charge in [-0.05, 0) is 48.0 Å². The molecule has 8 heteroatoms. The van der Waals surface area contributed by atoms with E-state index in [0.29, 0.717) is 31.3 Å². The lowest BCUT2D eigenvalue weighted by Gasteiger charge is -2.33. The second kappa shape index (κ2) is 10.1. The standard InChI is InChI=1S/C24H26N4O4/c1-30-20-8-3-18(4-9-20)5-12-23(29)28-15-13-27(14-16-28)17-22-25-24(26-32-22)19-6-10-21(31-2)11-7-19/h3-12H,13-17H2,1-2H3/b12-5+. The molecule has 0 atom stereocenters. The van der Waals surface area contributed by atoms with E-state index in [1.807, 2.05) is 59.5 Å². The highest BCUT2D eigenvalue weighted by atomic mass is 16.5. The molecule has 0 N–H and O–H groups in total. The predicted molar refractivity (Wildman–Crippen MR) is 120 cm³/mol. The molecule has 1 fully saturated rings. The molecule has 0 spiro atoms. The number of aromatic nitrogens is 2. The Morgan fingerprint density at radius 3 is 2.22 bits per heavy atom. The lowest BCUT2D eigenvalue weighted by molar-refractivity contribution is -0.127. The van der Waals surface area contributed by atoms with Crippen molar-refractivity contribution in [1.82, 2.24) is 19.9 Å². The van der Waals surface area contributed by atoms with Crippen molar-refractivity contribution in [2.75, 3.05) is 40.4 Å². The number of nitrogens with zero attached hydrogens (tertiary/aromatic N) is 4. The first kappa shape index (κ1) is 21.6. The van der Waals surface area contributed by atoms with Crippen LogP contribution in [0.25, 0.3) is 17.5 Å². The second-order valence-corrected chi connectivity index (χ2v) is 7.45. The quantitative estimate of drug-likeness (QED) is 0.529. The van der Waals surface area contributed by atoms with Gasteiger partial charge in [0.1, 0.15) is 11.5 Å². The van der Waals surface area contributed by atoms with Gasteiger partial charge in [-0.2, -0.15) is 4.98 Å². The third-order valence-electron chi connectivity index (χ3n) is 5.39. The normalized spacial score (nSPS) is 14.6. The average Bonchev–Trinajstić information content (AvgIpc) is 3.32. The van der Waals surface area contributed by atoms with Crippen LogP contribution in [0.5, 0.6) is 11.5 Å². The van der Waals surface area contributed by atoms with E-state index in [4.69, 9.17) is 14.0 Å². The molecule has 166 valence electrons. The Labute approximate surface area is 187 Å². The first-order valence-electron chi connectivity index (χ1n) is 10.4. The Kier molecular flexibility index (Phi) is 6.81. The number of methoxy groups -OCH3 is 2. The van der Waals surface area contributed by atoms with E-state index in [9.17, 15) is 4.79 Å². The Hall–Kier alpha value is -3.65. The smallest absolute Gasteiger partial charge is 0.246 e. The van der Waals surface area contributed by atoms with E-state index >= 15 is 0 Å². The van der Waals surface area contributed by atoms with E-state index in [0.717, 1.165) is 35.7 Å². The number of carbonyl (C=O) groups excluding carboxylic acids is 1. The summed E-state index contributed by atoms with van der Waals surface area (Å²) in [5.41, 5.74) is 1.83. The van der Waals surface area contributed by atoms with Crippen LogP contribution in [0.3, 0.4) is 0 Å². The lowest BCUT2D eigenvalue weighted by Crippen LogP contribution is -2.47. The average molecular weight is 434 g/mol. The number of rotatable bonds is 7. The summed E-state index contributed by atoms with van der Waals surface area (Å²) >= 11 is 0. The summed E-state index contributed by atoms with van der Waals surface area (Å²) in [6.07, 6.45) is 3.45. The van der Waals surface area contributed by atoms with Crippen molar-refractivity contribution in [3.63, 3.8) is 0 Å². The van der Waals surface area contributed by atoms with Gasteiger partial charge in [-0.15, -0.1) is 0 Å². The number of amides is 1. The second-order valence-electron chi connectivity index (χ2n) is 7.45. The van der Waals surface area contributed by atoms with E-state index in [1.54, 1.807) is 20.3 Å². The number of hydrogen-bond acceptors (Lipinski definition) is 7. The molecule has 0 aliphatic carbocycles. The first-order valence-corrected chi connectivity index (χ1v) is 10.4. The molecule has 0 bridgehead atoms. The number of piperazine rings is 1. The van der Waals surface area contributed by atoms with Crippen LogP contribution in [-0.4, -0.2) is 66.2 Å². The summed E-state index contributed by atoms with van der Waals surface area (Å²) < 4.78 is 15.7. The van der Waals surface area contributed by atoms with Crippen LogP contribution in [0, 0.1) is 0 Å². The molecular formula is C24H26N4O4. The molecule has 0 radical (unpaired) electrons. The van der Waals surface area contributed by atoms with E-state index < -0.39 is 0 Å². The number of hydrogen-bond donors (Lipinski definition) is 0. The molecule has 2 heterocycles. The SMILES string of the molecule is COc1ccc(/C=C/C(=O)N2CCN(Cc3nc(-c4ccc(OC)cc4)no3)CC2)cc1. The van der Waals surface area contributed by atoms with Crippen molar-refractivity contribution in [3.8, 4) is 22.9 Å². The molecule has 1 aliphatic heterocycles. The topological polar surface area (TPSA) is 80.9 Å². The fourth-order valence-electron chi connectivity index (χ4n) is 3.48. The van der Waals surface area contributed by atoms with Gasteiger partial charge in [0.2, 0.25) is 17.6 Å². The van der Waals surface area contributed by atoms with Crippen LogP contribution >= 0.6 is 0 Å². The summed E-state index contributed by atoms with van der Waals surface area (Å²) in [5.74, 6) is 2.71. The zero-order chi connectivity index (χ0) is 22.3. The maximum Gasteiger partial charge on any atom is 0.246 e. The van der Waals surface area contributed by atoms with Crippen molar-refractivity contribution in [2.45, 2.75) is 6.54 Å². The van der Waals surface area contributed by atoms with Crippen molar-refractivity contribution in [1.29, 1.82) is 0 Å². The third-order valence-corrected chi connectivity index (χ3v) is 5.39. The van der Waals surface area contributed by atoms with Gasteiger partial charge in [0.25, 0.3) is 0 Å². The predicted octanol–water partition coefficient (Wildman–Crippen LogP) is 3.11. The van der Waals surface area contributed by atoms with Crippen LogP contribution in [0.4, 0.5) is 0 Å². The van der Waals surface area contributed by atoms with Crippen LogP contribution in [0.2, 0.25) is 0 Å². The Morgan fingerprint density at radius 2 is 1.59 bits per heavy atom. The summed E-state index contributed by atoms with van der Waals surface area (Å²) in [5, 5.41) is 4.08. The van der Waals surface area contributed by atoms with E-state index in [1.165, 1.54) is 0 Å². The van der Waals surface area contributed by atoms with E-state index in [-0.39, 0.29) is 5.91 Å². The minimum Gasteiger partial charge on any atom is -0.497 e. The lowest BCUT2D eigenvalue weighted by atomic mass is 10.2. The van der Waals surface area contributed by atoms with Crippen LogP contribution < -0.4 is 9.47 Å². The van der Waals surface area contributed by atoms with Crippen LogP contribution in [-0.2, 0) is 11.3 Å². The fourth-order valence-corrected chi connectivity index (χ4v) is 3.48. The number of ether oxygens (including phenoxy) is 2. The molecule has 3 aromatic rings. The Balaban J connectivity index is 1.26. The highest BCUT2D eigenvalue weighted by Crippen LogP contribution is 2.20. The van der Waals surface area contributed by atoms with Gasteiger partial charge in [0.05, 0.1) is 20.8 Å². The molecular weight excluding hydrogens is 408 g/mol. The number of benzene rings is 2. The van der Waals surface area contributed by atoms with Crippen LogP contribution in [0.15, 0.2) is 59.1 Å². The highest BCUT2D eigenvalue weighted by Gasteiger charge is 2.21. The van der Waals surface area contributed by atoms with Gasteiger partial charge < -0.3 is 18.9 Å². The minimum absolute atomic E-state index is 0.0139. The Bertz CT molecular complexity index is 1050. The van der Waals surface area contributed by atoms with E-state index in [2.05, 4.69) is 15.0 Å². The van der Waals surface area contributed by atoms with Gasteiger partial charge in [0.15, 0.2) is 0 Å². The highest BCUT2D eigenvalue weighted by molar-refractivity contribution is 5.91. The van der Waals surface area contributed by atoms with Gasteiger partial charge >= 0.3 is 0 Å². The third kappa shape index (κ3) is 5.33. The molecule has 1 aromatic heterocycles. The van der Waals surface area contributed by atoms with Crippen molar-refractivity contribution in [2.24, 2.45) is 0 Å².